The Hall–Kier alpha value is -2.13. The molecule has 2 N–H and O–H groups in total. The van der Waals surface area contributed by atoms with Gasteiger partial charge in [-0.3, -0.25) is 9.59 Å². The Bertz CT molecular complexity index is 657. The topological polar surface area (TPSA) is 113 Å². The molecule has 0 spiro atoms. The molecule has 9 heteroatoms. The number of nitrogens with one attached hydrogen (secondary N) is 1. The fourth-order valence-electron chi connectivity index (χ4n) is 1.69. The summed E-state index contributed by atoms with van der Waals surface area (Å²) in [7, 11) is -2.05. The molecule has 24 heavy (non-hydrogen) atoms. The molecule has 0 saturated heterocycles. The molecule has 1 amide bonds. The number of carboxylic acid groups (broad SMARTS) is 1. The van der Waals surface area contributed by atoms with Crippen LogP contribution in [0.2, 0.25) is 0 Å². The quantitative estimate of drug-likeness (QED) is 0.587. The molecule has 8 nitrogen and oxygen atoms in total. The van der Waals surface area contributed by atoms with E-state index in [1.165, 1.54) is 7.05 Å². The SMILES string of the molecule is CN(CC(=O)NCc1ccc(OCCCC(=O)O)cc1)S(C)(=O)=O. The largest absolute Gasteiger partial charge is 0.494 e. The van der Waals surface area contributed by atoms with E-state index in [-0.39, 0.29) is 19.5 Å². The van der Waals surface area contributed by atoms with Crippen molar-refractivity contribution in [1.29, 1.82) is 0 Å². The summed E-state index contributed by atoms with van der Waals surface area (Å²) in [6.45, 7) is 0.361. The molecule has 0 fully saturated rings. The first-order chi connectivity index (χ1) is 11.2. The van der Waals surface area contributed by atoms with Crippen LogP contribution >= 0.6 is 0 Å². The summed E-state index contributed by atoms with van der Waals surface area (Å²) in [6, 6.07) is 7.00. The highest BCUT2D eigenvalue weighted by Crippen LogP contribution is 2.12. The highest BCUT2D eigenvalue weighted by Gasteiger charge is 2.14. The monoisotopic (exact) mass is 358 g/mol. The summed E-state index contributed by atoms with van der Waals surface area (Å²) in [5, 5.41) is 11.2. The van der Waals surface area contributed by atoms with Crippen LogP contribution in [-0.2, 0) is 26.2 Å². The third-order valence-electron chi connectivity index (χ3n) is 3.15. The molecule has 0 saturated carbocycles. The molecule has 134 valence electrons. The molecule has 0 bridgehead atoms. The Morgan fingerprint density at radius 1 is 1.25 bits per heavy atom. The fourth-order valence-corrected chi connectivity index (χ4v) is 2.04. The van der Waals surface area contributed by atoms with Crippen LogP contribution in [-0.4, -0.2) is 56.2 Å². The van der Waals surface area contributed by atoms with Crippen molar-refractivity contribution in [1.82, 2.24) is 9.62 Å². The maximum Gasteiger partial charge on any atom is 0.303 e. The van der Waals surface area contributed by atoms with Gasteiger partial charge < -0.3 is 15.2 Å². The maximum atomic E-state index is 11.7. The van der Waals surface area contributed by atoms with Crippen molar-refractivity contribution in [2.75, 3.05) is 26.5 Å². The molecule has 0 atom stereocenters. The van der Waals surface area contributed by atoms with Crippen molar-refractivity contribution in [2.45, 2.75) is 19.4 Å². The van der Waals surface area contributed by atoms with Crippen LogP contribution in [0.1, 0.15) is 18.4 Å². The van der Waals surface area contributed by atoms with Crippen LogP contribution in [0, 0.1) is 0 Å². The van der Waals surface area contributed by atoms with Gasteiger partial charge in [0.05, 0.1) is 19.4 Å². The number of nitrogens with zero attached hydrogens (tertiary/aromatic N) is 1. The molecular formula is C15H22N2O6S. The standard InChI is InChI=1S/C15H22N2O6S/c1-17(24(2,21)22)11-14(18)16-10-12-5-7-13(8-6-12)23-9-3-4-15(19)20/h5-8H,3-4,9-11H2,1-2H3,(H,16,18)(H,19,20). The van der Waals surface area contributed by atoms with Crippen LogP contribution in [0.5, 0.6) is 5.75 Å². The lowest BCUT2D eigenvalue weighted by molar-refractivity contribution is -0.137. The van der Waals surface area contributed by atoms with E-state index in [0.717, 1.165) is 16.1 Å². The number of rotatable bonds is 10. The van der Waals surface area contributed by atoms with Crippen molar-refractivity contribution in [3.05, 3.63) is 29.8 Å². The van der Waals surface area contributed by atoms with E-state index in [2.05, 4.69) is 5.32 Å². The number of hydrogen-bond donors (Lipinski definition) is 2. The van der Waals surface area contributed by atoms with Gasteiger partial charge in [-0.15, -0.1) is 0 Å². The van der Waals surface area contributed by atoms with Crippen LogP contribution in [0.15, 0.2) is 24.3 Å². The minimum absolute atomic E-state index is 0.0615. The summed E-state index contributed by atoms with van der Waals surface area (Å²) in [6.07, 6.45) is 1.53. The van der Waals surface area contributed by atoms with Gasteiger partial charge >= 0.3 is 5.97 Å². The minimum atomic E-state index is -3.38. The number of sulfonamides is 1. The lowest BCUT2D eigenvalue weighted by Gasteiger charge is -2.13. The zero-order valence-electron chi connectivity index (χ0n) is 13.7. The van der Waals surface area contributed by atoms with Crippen LogP contribution in [0.3, 0.4) is 0 Å². The van der Waals surface area contributed by atoms with Crippen LogP contribution in [0.4, 0.5) is 0 Å². The second-order valence-electron chi connectivity index (χ2n) is 5.29. The minimum Gasteiger partial charge on any atom is -0.494 e. The molecule has 0 aliphatic carbocycles. The van der Waals surface area contributed by atoms with Gasteiger partial charge in [0.15, 0.2) is 0 Å². The molecule has 0 aliphatic rings. The average molecular weight is 358 g/mol. The predicted molar refractivity (Wildman–Crippen MR) is 88.1 cm³/mol. The molecule has 0 radical (unpaired) electrons. The average Bonchev–Trinajstić information content (AvgIpc) is 2.49. The lowest BCUT2D eigenvalue weighted by Crippen LogP contribution is -2.37. The number of carbonyl (C=O) groups is 2. The number of carboxylic acids is 1. The van der Waals surface area contributed by atoms with Gasteiger partial charge in [0.25, 0.3) is 0 Å². The van der Waals surface area contributed by atoms with Crippen molar-refractivity contribution >= 4 is 21.9 Å². The van der Waals surface area contributed by atoms with Gasteiger partial charge in [0, 0.05) is 20.0 Å². The molecule has 1 aromatic rings. The predicted octanol–water partition coefficient (Wildman–Crippen LogP) is 0.438. The maximum absolute atomic E-state index is 11.7. The Morgan fingerprint density at radius 3 is 2.42 bits per heavy atom. The number of aliphatic carboxylic acids is 1. The molecule has 0 aliphatic heterocycles. The molecule has 0 heterocycles. The van der Waals surface area contributed by atoms with Crippen molar-refractivity contribution < 1.29 is 27.9 Å². The molecule has 0 aromatic heterocycles. The number of hydrogen-bond acceptors (Lipinski definition) is 5. The van der Waals surface area contributed by atoms with Gasteiger partial charge in [0.2, 0.25) is 15.9 Å². The molecule has 0 unspecified atom stereocenters. The third kappa shape index (κ3) is 7.93. The summed E-state index contributed by atoms with van der Waals surface area (Å²) >= 11 is 0. The van der Waals surface area contributed by atoms with Gasteiger partial charge in [-0.2, -0.15) is 4.31 Å². The summed E-state index contributed by atoms with van der Waals surface area (Å²) in [4.78, 5) is 22.1. The highest BCUT2D eigenvalue weighted by molar-refractivity contribution is 7.88. The number of likely N-dealkylation sites (N-methyl/N-ethyl adjacent to an activating group) is 1. The Labute approximate surface area is 141 Å². The Morgan fingerprint density at radius 2 is 1.88 bits per heavy atom. The zero-order valence-corrected chi connectivity index (χ0v) is 14.5. The van der Waals surface area contributed by atoms with Crippen molar-refractivity contribution in [3.63, 3.8) is 0 Å². The number of amides is 1. The van der Waals surface area contributed by atoms with E-state index in [1.807, 2.05) is 0 Å². The first-order valence-corrected chi connectivity index (χ1v) is 9.15. The van der Waals surface area contributed by atoms with E-state index in [0.29, 0.717) is 18.8 Å². The second-order valence-corrected chi connectivity index (χ2v) is 7.37. The number of carbonyl (C=O) groups excluding carboxylic acids is 1. The van der Waals surface area contributed by atoms with E-state index in [1.54, 1.807) is 24.3 Å². The smallest absolute Gasteiger partial charge is 0.303 e. The van der Waals surface area contributed by atoms with Crippen LogP contribution in [0.25, 0.3) is 0 Å². The Balaban J connectivity index is 2.36. The van der Waals surface area contributed by atoms with Crippen LogP contribution < -0.4 is 10.1 Å². The Kier molecular flexibility index (Phi) is 7.66. The fraction of sp³-hybridized carbons (Fsp3) is 0.467. The van der Waals surface area contributed by atoms with E-state index < -0.39 is 21.9 Å². The van der Waals surface area contributed by atoms with Gasteiger partial charge in [0.1, 0.15) is 5.75 Å². The van der Waals surface area contributed by atoms with E-state index in [4.69, 9.17) is 9.84 Å². The van der Waals surface area contributed by atoms with Gasteiger partial charge in [-0.1, -0.05) is 12.1 Å². The molecular weight excluding hydrogens is 336 g/mol. The first kappa shape index (κ1) is 19.9. The summed E-state index contributed by atoms with van der Waals surface area (Å²) in [5.74, 6) is -0.629. The lowest BCUT2D eigenvalue weighted by atomic mass is 10.2. The zero-order chi connectivity index (χ0) is 18.2. The third-order valence-corrected chi connectivity index (χ3v) is 4.41. The van der Waals surface area contributed by atoms with Gasteiger partial charge in [-0.05, 0) is 24.1 Å². The van der Waals surface area contributed by atoms with Crippen molar-refractivity contribution in [3.8, 4) is 5.75 Å². The highest BCUT2D eigenvalue weighted by atomic mass is 32.2. The summed E-state index contributed by atoms with van der Waals surface area (Å²) < 4.78 is 28.8. The summed E-state index contributed by atoms with van der Waals surface area (Å²) in [5.41, 5.74) is 0.836. The normalized spacial score (nSPS) is 11.3. The number of ether oxygens (including phenoxy) is 1. The van der Waals surface area contributed by atoms with Gasteiger partial charge in [-0.25, -0.2) is 8.42 Å². The van der Waals surface area contributed by atoms with Crippen molar-refractivity contribution in [2.24, 2.45) is 0 Å². The first-order valence-electron chi connectivity index (χ1n) is 7.30. The second kappa shape index (κ2) is 9.24. The van der Waals surface area contributed by atoms with E-state index in [9.17, 15) is 18.0 Å². The van der Waals surface area contributed by atoms with E-state index >= 15 is 0 Å². The number of benzene rings is 1. The molecule has 1 rings (SSSR count). The molecule has 1 aromatic carbocycles.